The Labute approximate surface area is 130 Å². The number of alkyl halides is 1. The largest absolute Gasteiger partial charge is 0.496 e. The van der Waals surface area contributed by atoms with Crippen LogP contribution < -0.4 is 14.2 Å². The normalized spacial score (nSPS) is 10.3. The third kappa shape index (κ3) is 3.82. The van der Waals surface area contributed by atoms with Crippen LogP contribution in [0.15, 0.2) is 36.4 Å². The van der Waals surface area contributed by atoms with Crippen LogP contribution >= 0.6 is 11.6 Å². The first-order valence-corrected chi connectivity index (χ1v) is 7.20. The van der Waals surface area contributed by atoms with E-state index in [1.54, 1.807) is 14.2 Å². The highest BCUT2D eigenvalue weighted by Crippen LogP contribution is 2.30. The molecule has 2 rings (SSSR count). The predicted octanol–water partition coefficient (Wildman–Crippen LogP) is 4.33. The first-order valence-electron chi connectivity index (χ1n) is 6.67. The van der Waals surface area contributed by atoms with E-state index in [0.29, 0.717) is 24.0 Å². The van der Waals surface area contributed by atoms with Crippen molar-refractivity contribution in [3.63, 3.8) is 0 Å². The highest BCUT2D eigenvalue weighted by Gasteiger charge is 2.09. The van der Waals surface area contributed by atoms with Crippen LogP contribution in [0.5, 0.6) is 17.2 Å². The molecule has 0 aliphatic carbocycles. The second kappa shape index (κ2) is 7.23. The molecule has 0 fully saturated rings. The third-order valence-electron chi connectivity index (χ3n) is 3.20. The summed E-state index contributed by atoms with van der Waals surface area (Å²) in [5, 5.41) is 0. The van der Waals surface area contributed by atoms with Gasteiger partial charge in [-0.3, -0.25) is 0 Å². The number of benzene rings is 2. The predicted molar refractivity (Wildman–Crippen MR) is 84.6 cm³/mol. The van der Waals surface area contributed by atoms with E-state index < -0.39 is 0 Å². The maximum atomic E-state index is 5.89. The van der Waals surface area contributed by atoms with Crippen molar-refractivity contribution in [3.05, 3.63) is 53.1 Å². The lowest BCUT2D eigenvalue weighted by Gasteiger charge is -2.14. The van der Waals surface area contributed by atoms with Crippen molar-refractivity contribution in [2.45, 2.75) is 19.4 Å². The van der Waals surface area contributed by atoms with E-state index in [-0.39, 0.29) is 0 Å². The highest BCUT2D eigenvalue weighted by atomic mass is 35.5. The smallest absolute Gasteiger partial charge is 0.161 e. The molecule has 0 saturated carbocycles. The lowest BCUT2D eigenvalue weighted by molar-refractivity contribution is 0.278. The average molecular weight is 307 g/mol. The van der Waals surface area contributed by atoms with Crippen LogP contribution in [0.4, 0.5) is 0 Å². The SMILES string of the molecule is COc1ccc(C)cc1COc1cc(CCl)ccc1OC. The van der Waals surface area contributed by atoms with Gasteiger partial charge in [0.05, 0.1) is 14.2 Å². The number of ether oxygens (including phenoxy) is 3. The molecule has 2 aromatic rings. The van der Waals surface area contributed by atoms with Crippen LogP contribution in [0.1, 0.15) is 16.7 Å². The molecule has 0 N–H and O–H groups in total. The summed E-state index contributed by atoms with van der Waals surface area (Å²) < 4.78 is 16.6. The van der Waals surface area contributed by atoms with Crippen LogP contribution in [0.25, 0.3) is 0 Å². The Kier molecular flexibility index (Phi) is 5.34. The molecule has 112 valence electrons. The molecule has 0 aliphatic heterocycles. The summed E-state index contributed by atoms with van der Waals surface area (Å²) in [4.78, 5) is 0. The van der Waals surface area contributed by atoms with Crippen molar-refractivity contribution in [2.75, 3.05) is 14.2 Å². The van der Waals surface area contributed by atoms with Gasteiger partial charge in [-0.05, 0) is 36.8 Å². The number of rotatable bonds is 6. The molecule has 0 heterocycles. The zero-order chi connectivity index (χ0) is 15.2. The van der Waals surface area contributed by atoms with E-state index in [4.69, 9.17) is 25.8 Å². The molecule has 21 heavy (non-hydrogen) atoms. The molecular weight excluding hydrogens is 288 g/mol. The van der Waals surface area contributed by atoms with E-state index >= 15 is 0 Å². The molecule has 2 aromatic carbocycles. The van der Waals surface area contributed by atoms with Gasteiger partial charge in [-0.2, -0.15) is 0 Å². The number of hydrogen-bond donors (Lipinski definition) is 0. The number of methoxy groups -OCH3 is 2. The second-order valence-electron chi connectivity index (χ2n) is 4.72. The fourth-order valence-corrected chi connectivity index (χ4v) is 2.26. The monoisotopic (exact) mass is 306 g/mol. The summed E-state index contributed by atoms with van der Waals surface area (Å²) in [6.45, 7) is 2.45. The Hall–Kier alpha value is -1.87. The topological polar surface area (TPSA) is 27.7 Å². The molecule has 0 bridgehead atoms. The fourth-order valence-electron chi connectivity index (χ4n) is 2.09. The van der Waals surface area contributed by atoms with E-state index in [0.717, 1.165) is 22.4 Å². The molecule has 4 heteroatoms. The number of hydrogen-bond acceptors (Lipinski definition) is 3. The fraction of sp³-hybridized carbons (Fsp3) is 0.294. The molecule has 3 nitrogen and oxygen atoms in total. The first kappa shape index (κ1) is 15.5. The zero-order valence-electron chi connectivity index (χ0n) is 12.5. The van der Waals surface area contributed by atoms with Crippen molar-refractivity contribution in [3.8, 4) is 17.2 Å². The third-order valence-corrected chi connectivity index (χ3v) is 3.51. The molecule has 0 amide bonds. The van der Waals surface area contributed by atoms with Gasteiger partial charge in [-0.1, -0.05) is 17.7 Å². The van der Waals surface area contributed by atoms with Crippen LogP contribution in [-0.2, 0) is 12.5 Å². The van der Waals surface area contributed by atoms with Crippen LogP contribution in [0.3, 0.4) is 0 Å². The summed E-state index contributed by atoms with van der Waals surface area (Å²) in [5.74, 6) is 2.62. The summed E-state index contributed by atoms with van der Waals surface area (Å²) in [6.07, 6.45) is 0. The van der Waals surface area contributed by atoms with E-state index in [1.165, 1.54) is 0 Å². The minimum atomic E-state index is 0.410. The number of halogens is 1. The Morgan fingerprint density at radius 3 is 2.29 bits per heavy atom. The Morgan fingerprint density at radius 1 is 0.905 bits per heavy atom. The van der Waals surface area contributed by atoms with Gasteiger partial charge in [0, 0.05) is 11.4 Å². The van der Waals surface area contributed by atoms with Crippen molar-refractivity contribution in [2.24, 2.45) is 0 Å². The minimum Gasteiger partial charge on any atom is -0.496 e. The molecule has 0 aliphatic rings. The van der Waals surface area contributed by atoms with E-state index in [1.807, 2.05) is 37.3 Å². The summed E-state index contributed by atoms with van der Waals surface area (Å²) in [5.41, 5.74) is 3.15. The summed E-state index contributed by atoms with van der Waals surface area (Å²) in [7, 11) is 3.28. The first-order chi connectivity index (χ1) is 10.2. The molecule has 0 unspecified atom stereocenters. The summed E-state index contributed by atoms with van der Waals surface area (Å²) in [6, 6.07) is 11.7. The van der Waals surface area contributed by atoms with Gasteiger partial charge in [0.25, 0.3) is 0 Å². The minimum absolute atomic E-state index is 0.410. The number of aryl methyl sites for hydroxylation is 1. The van der Waals surface area contributed by atoms with Crippen molar-refractivity contribution < 1.29 is 14.2 Å². The van der Waals surface area contributed by atoms with Gasteiger partial charge in [-0.15, -0.1) is 11.6 Å². The average Bonchev–Trinajstić information content (AvgIpc) is 2.52. The van der Waals surface area contributed by atoms with Gasteiger partial charge in [-0.25, -0.2) is 0 Å². The molecular formula is C17H19ClO3. The maximum Gasteiger partial charge on any atom is 0.161 e. The van der Waals surface area contributed by atoms with Gasteiger partial charge in [0.1, 0.15) is 12.4 Å². The second-order valence-corrected chi connectivity index (χ2v) is 4.99. The molecule has 0 atom stereocenters. The Morgan fingerprint density at radius 2 is 1.62 bits per heavy atom. The quantitative estimate of drug-likeness (QED) is 0.743. The lowest BCUT2D eigenvalue weighted by atomic mass is 10.1. The van der Waals surface area contributed by atoms with Crippen molar-refractivity contribution in [1.29, 1.82) is 0 Å². The lowest BCUT2D eigenvalue weighted by Crippen LogP contribution is -2.01. The van der Waals surface area contributed by atoms with Crippen molar-refractivity contribution in [1.82, 2.24) is 0 Å². The summed E-state index contributed by atoms with van der Waals surface area (Å²) >= 11 is 5.86. The van der Waals surface area contributed by atoms with Gasteiger partial charge in [0.15, 0.2) is 11.5 Å². The highest BCUT2D eigenvalue weighted by molar-refractivity contribution is 6.17. The van der Waals surface area contributed by atoms with Gasteiger partial charge >= 0.3 is 0 Å². The van der Waals surface area contributed by atoms with Crippen molar-refractivity contribution >= 4 is 11.6 Å². The van der Waals surface area contributed by atoms with E-state index in [9.17, 15) is 0 Å². The maximum absolute atomic E-state index is 5.89. The van der Waals surface area contributed by atoms with Gasteiger partial charge < -0.3 is 14.2 Å². The molecule has 0 radical (unpaired) electrons. The molecule has 0 spiro atoms. The van der Waals surface area contributed by atoms with Crippen LogP contribution in [0, 0.1) is 6.92 Å². The van der Waals surface area contributed by atoms with Crippen LogP contribution in [-0.4, -0.2) is 14.2 Å². The Bertz CT molecular complexity index is 611. The standard InChI is InChI=1S/C17H19ClO3/c1-12-4-6-15(19-2)14(8-12)11-21-17-9-13(10-18)5-7-16(17)20-3/h4-9H,10-11H2,1-3H3. The van der Waals surface area contributed by atoms with Gasteiger partial charge in [0.2, 0.25) is 0 Å². The van der Waals surface area contributed by atoms with Crippen LogP contribution in [0.2, 0.25) is 0 Å². The Balaban J connectivity index is 2.21. The van der Waals surface area contributed by atoms with E-state index in [2.05, 4.69) is 6.07 Å². The molecule has 0 aromatic heterocycles. The molecule has 0 saturated heterocycles. The zero-order valence-corrected chi connectivity index (χ0v) is 13.2.